The predicted molar refractivity (Wildman–Crippen MR) is 75.0 cm³/mol. The molecular formula is C12H23BF4O3S. The molecule has 0 amide bonds. The van der Waals surface area contributed by atoms with Gasteiger partial charge in [0.2, 0.25) is 0 Å². The van der Waals surface area contributed by atoms with Gasteiger partial charge in [0.15, 0.2) is 0 Å². The van der Waals surface area contributed by atoms with Gasteiger partial charge in [-0.1, -0.05) is 64.7 Å². The Balaban J connectivity index is 3.61. The molecule has 0 saturated heterocycles. The molecule has 0 aliphatic heterocycles. The molecule has 0 fully saturated rings. The summed E-state index contributed by atoms with van der Waals surface area (Å²) < 4.78 is 73.4. The average Bonchev–Trinajstić information content (AvgIpc) is 2.35. The summed E-state index contributed by atoms with van der Waals surface area (Å²) in [5.74, 6) is 0. The molecule has 21 heavy (non-hydrogen) atoms. The Morgan fingerprint density at radius 2 is 1.33 bits per heavy atom. The molecule has 3 nitrogen and oxygen atoms in total. The first kappa shape index (κ1) is 20.7. The van der Waals surface area contributed by atoms with E-state index in [4.69, 9.17) is 0 Å². The first-order chi connectivity index (χ1) is 9.70. The molecule has 0 atom stereocenters. The van der Waals surface area contributed by atoms with E-state index in [0.29, 0.717) is 12.8 Å². The molecule has 0 unspecified atom stereocenters. The van der Waals surface area contributed by atoms with Gasteiger partial charge in [-0.15, -0.1) is 0 Å². The van der Waals surface area contributed by atoms with Crippen LogP contribution in [-0.2, 0) is 14.2 Å². The number of halogens is 4. The molecule has 0 N–H and O–H groups in total. The van der Waals surface area contributed by atoms with Gasteiger partial charge in [-0.2, -0.15) is 21.6 Å². The molecule has 126 valence electrons. The number of hydrogen-bond donors (Lipinski definition) is 0. The predicted octanol–water partition coefficient (Wildman–Crippen LogP) is 4.84. The Kier molecular flexibility index (Phi) is 10.3. The lowest BCUT2D eigenvalue weighted by Gasteiger charge is -2.09. The van der Waals surface area contributed by atoms with Crippen LogP contribution in [0.25, 0.3) is 0 Å². The van der Waals surface area contributed by atoms with Crippen LogP contribution in [0.4, 0.5) is 17.5 Å². The fourth-order valence-electron chi connectivity index (χ4n) is 1.86. The van der Waals surface area contributed by atoms with Gasteiger partial charge in [-0.25, -0.2) is 0 Å². The number of alkyl halides is 3. The summed E-state index contributed by atoms with van der Waals surface area (Å²) in [7, 11) is -8.26. The topological polar surface area (TPSA) is 43.4 Å². The minimum atomic E-state index is -5.83. The first-order valence-corrected chi connectivity index (χ1v) is 8.75. The van der Waals surface area contributed by atoms with Crippen LogP contribution in [0.5, 0.6) is 0 Å². The van der Waals surface area contributed by atoms with E-state index in [1.807, 2.05) is 0 Å². The van der Waals surface area contributed by atoms with Crippen molar-refractivity contribution in [3.05, 3.63) is 0 Å². The van der Waals surface area contributed by atoms with Crippen LogP contribution in [0.1, 0.15) is 64.7 Å². The van der Waals surface area contributed by atoms with Gasteiger partial charge in [-0.05, 0) is 6.32 Å². The summed E-state index contributed by atoms with van der Waals surface area (Å²) in [5, 5.41) is 0. The summed E-state index contributed by atoms with van der Waals surface area (Å²) in [6.45, 7) is 2.13. The second-order valence-electron chi connectivity index (χ2n) is 5.02. The van der Waals surface area contributed by atoms with Crippen LogP contribution >= 0.6 is 0 Å². The molecule has 0 aromatic rings. The third-order valence-corrected chi connectivity index (χ3v) is 4.08. The molecule has 0 rings (SSSR count). The van der Waals surface area contributed by atoms with E-state index in [2.05, 4.69) is 11.0 Å². The Morgan fingerprint density at radius 3 is 1.76 bits per heavy atom. The minimum Gasteiger partial charge on any atom is -0.291 e. The number of unbranched alkanes of at least 4 members (excludes halogenated alkanes) is 8. The lowest BCUT2D eigenvalue weighted by atomic mass is 9.86. The van der Waals surface area contributed by atoms with Crippen LogP contribution in [0.3, 0.4) is 0 Å². The van der Waals surface area contributed by atoms with Gasteiger partial charge in [0.1, 0.15) is 0 Å². The molecule has 0 saturated carbocycles. The summed E-state index contributed by atoms with van der Waals surface area (Å²) in [6, 6.07) is 0. The Labute approximate surface area is 124 Å². The van der Waals surface area contributed by atoms with Gasteiger partial charge in [-0.3, -0.25) is 8.42 Å². The zero-order valence-electron chi connectivity index (χ0n) is 12.3. The fraction of sp³-hybridized carbons (Fsp3) is 1.00. The van der Waals surface area contributed by atoms with Crippen LogP contribution in [0.2, 0.25) is 6.32 Å². The average molecular weight is 334 g/mol. The second-order valence-corrected chi connectivity index (χ2v) is 6.59. The fourth-order valence-corrected chi connectivity index (χ4v) is 2.34. The highest BCUT2D eigenvalue weighted by molar-refractivity contribution is 7.88. The van der Waals surface area contributed by atoms with E-state index in [1.54, 1.807) is 0 Å². The lowest BCUT2D eigenvalue weighted by molar-refractivity contribution is -0.0504. The Morgan fingerprint density at radius 1 is 0.905 bits per heavy atom. The molecule has 9 heteroatoms. The summed E-state index contributed by atoms with van der Waals surface area (Å²) >= 11 is 0. The highest BCUT2D eigenvalue weighted by Crippen LogP contribution is 2.26. The molecule has 0 aromatic heterocycles. The van der Waals surface area contributed by atoms with Crippen molar-refractivity contribution in [2.24, 2.45) is 0 Å². The van der Waals surface area contributed by atoms with Crippen LogP contribution in [0.15, 0.2) is 0 Å². The van der Waals surface area contributed by atoms with Crippen molar-refractivity contribution in [1.82, 2.24) is 0 Å². The minimum absolute atomic E-state index is 0.309. The van der Waals surface area contributed by atoms with E-state index in [0.717, 1.165) is 25.7 Å². The van der Waals surface area contributed by atoms with Crippen LogP contribution < -0.4 is 0 Å². The van der Waals surface area contributed by atoms with E-state index in [-0.39, 0.29) is 6.32 Å². The Hall–Kier alpha value is -0.305. The standard InChI is InChI=1S/C12H23BF4O3S/c1-2-3-4-5-6-7-8-9-10-11-13(17)20-21(18,19)12(14,15)16/h2-11H2,1H3. The van der Waals surface area contributed by atoms with Crippen LogP contribution in [-0.4, -0.2) is 21.1 Å². The molecule has 0 heterocycles. The van der Waals surface area contributed by atoms with Crippen LogP contribution in [0, 0.1) is 0 Å². The maximum Gasteiger partial charge on any atom is 0.521 e. The quantitative estimate of drug-likeness (QED) is 0.222. The Bertz CT molecular complexity index is 360. The molecular weight excluding hydrogens is 311 g/mol. The molecule has 0 radical (unpaired) electrons. The van der Waals surface area contributed by atoms with Crippen molar-refractivity contribution in [2.75, 3.05) is 0 Å². The van der Waals surface area contributed by atoms with Gasteiger partial charge in [0, 0.05) is 0 Å². The number of hydrogen-bond acceptors (Lipinski definition) is 3. The second kappa shape index (κ2) is 10.4. The van der Waals surface area contributed by atoms with Crippen molar-refractivity contribution < 1.29 is 30.0 Å². The number of rotatable bonds is 12. The molecule has 0 aliphatic rings. The smallest absolute Gasteiger partial charge is 0.291 e. The van der Waals surface area contributed by atoms with E-state index in [1.165, 1.54) is 19.3 Å². The van der Waals surface area contributed by atoms with Gasteiger partial charge >= 0.3 is 22.8 Å². The molecule has 0 aliphatic carbocycles. The maximum absolute atomic E-state index is 13.0. The van der Waals surface area contributed by atoms with Gasteiger partial charge in [0.05, 0.1) is 0 Å². The molecule has 0 aromatic carbocycles. The highest BCUT2D eigenvalue weighted by atomic mass is 32.2. The summed E-state index contributed by atoms with van der Waals surface area (Å²) in [6.07, 6.45) is 8.34. The maximum atomic E-state index is 13.0. The monoisotopic (exact) mass is 334 g/mol. The summed E-state index contributed by atoms with van der Waals surface area (Å²) in [5.41, 5.74) is -5.57. The van der Waals surface area contributed by atoms with E-state index >= 15 is 0 Å². The lowest BCUT2D eigenvalue weighted by Crippen LogP contribution is -2.30. The van der Waals surface area contributed by atoms with Crippen molar-refractivity contribution in [2.45, 2.75) is 76.5 Å². The molecule has 0 spiro atoms. The zero-order chi connectivity index (χ0) is 16.4. The third-order valence-electron chi connectivity index (χ3n) is 3.05. The zero-order valence-corrected chi connectivity index (χ0v) is 13.1. The van der Waals surface area contributed by atoms with Crippen molar-refractivity contribution in [3.63, 3.8) is 0 Å². The third kappa shape index (κ3) is 10.1. The van der Waals surface area contributed by atoms with E-state index in [9.17, 15) is 25.9 Å². The van der Waals surface area contributed by atoms with Crippen molar-refractivity contribution in [1.29, 1.82) is 0 Å². The van der Waals surface area contributed by atoms with E-state index < -0.39 is 22.8 Å². The molecule has 0 bridgehead atoms. The summed E-state index contributed by atoms with van der Waals surface area (Å²) in [4.78, 5) is 0. The van der Waals surface area contributed by atoms with Gasteiger partial charge in [0.25, 0.3) is 0 Å². The largest absolute Gasteiger partial charge is 0.521 e. The van der Waals surface area contributed by atoms with Crippen molar-refractivity contribution >= 4 is 17.3 Å². The normalized spacial score (nSPS) is 12.6. The van der Waals surface area contributed by atoms with Crippen molar-refractivity contribution in [3.8, 4) is 0 Å². The SMILES string of the molecule is CCCCCCCCCCCB(F)OS(=O)(=O)C(F)(F)F. The highest BCUT2D eigenvalue weighted by Gasteiger charge is 2.49. The first-order valence-electron chi connectivity index (χ1n) is 7.34. The van der Waals surface area contributed by atoms with Gasteiger partial charge < -0.3 is 0 Å².